The van der Waals surface area contributed by atoms with E-state index < -0.39 is 47.8 Å². The SMILES string of the molecule is CC(=O)N[C@H](CCC(=O)O)C(=O)O.CC(=O)N[C@H](CCC(=O)O)C(=O)O. The van der Waals surface area contributed by atoms with Crippen molar-refractivity contribution in [3.05, 3.63) is 0 Å². The van der Waals surface area contributed by atoms with Crippen LogP contribution in [0, 0.1) is 0 Å². The highest BCUT2D eigenvalue weighted by Gasteiger charge is 2.19. The van der Waals surface area contributed by atoms with Gasteiger partial charge in [-0.25, -0.2) is 9.59 Å². The van der Waals surface area contributed by atoms with Crippen LogP contribution in [0.25, 0.3) is 0 Å². The number of rotatable bonds is 10. The van der Waals surface area contributed by atoms with Gasteiger partial charge >= 0.3 is 23.9 Å². The molecule has 148 valence electrons. The molecule has 0 radical (unpaired) electrons. The first-order chi connectivity index (χ1) is 11.9. The molecule has 0 aromatic rings. The molecule has 0 fully saturated rings. The Bertz CT molecular complexity index is 498. The lowest BCUT2D eigenvalue weighted by molar-refractivity contribution is -0.143. The number of hydrogen-bond donors (Lipinski definition) is 6. The van der Waals surface area contributed by atoms with Crippen molar-refractivity contribution in [2.24, 2.45) is 0 Å². The summed E-state index contributed by atoms with van der Waals surface area (Å²) >= 11 is 0. The Morgan fingerprint density at radius 3 is 1.08 bits per heavy atom. The van der Waals surface area contributed by atoms with Gasteiger partial charge in [-0.15, -0.1) is 0 Å². The largest absolute Gasteiger partial charge is 0.481 e. The van der Waals surface area contributed by atoms with E-state index in [9.17, 15) is 28.8 Å². The van der Waals surface area contributed by atoms with Gasteiger partial charge in [0.25, 0.3) is 0 Å². The highest BCUT2D eigenvalue weighted by Crippen LogP contribution is 1.98. The molecule has 12 heteroatoms. The number of aliphatic carboxylic acids is 4. The molecule has 0 aliphatic carbocycles. The predicted octanol–water partition coefficient (Wildman–Crippen LogP) is -1.12. The Kier molecular flexibility index (Phi) is 12.7. The van der Waals surface area contributed by atoms with E-state index >= 15 is 0 Å². The Labute approximate surface area is 148 Å². The van der Waals surface area contributed by atoms with Gasteiger partial charge in [0.1, 0.15) is 12.1 Å². The Balaban J connectivity index is 0. The molecule has 0 aromatic heterocycles. The molecule has 0 rings (SSSR count). The highest BCUT2D eigenvalue weighted by atomic mass is 16.4. The molecule has 2 atom stereocenters. The van der Waals surface area contributed by atoms with Crippen LogP contribution < -0.4 is 10.6 Å². The molecule has 0 aromatic carbocycles. The summed E-state index contributed by atoms with van der Waals surface area (Å²) < 4.78 is 0. The lowest BCUT2D eigenvalue weighted by Crippen LogP contribution is -2.39. The van der Waals surface area contributed by atoms with Crippen LogP contribution in [0.2, 0.25) is 0 Å². The summed E-state index contributed by atoms with van der Waals surface area (Å²) in [6, 6.07) is -2.23. The fourth-order valence-electron chi connectivity index (χ4n) is 1.54. The number of carbonyl (C=O) groups is 6. The first-order valence-electron chi connectivity index (χ1n) is 7.30. The topological polar surface area (TPSA) is 207 Å². The van der Waals surface area contributed by atoms with Crippen LogP contribution in [0.5, 0.6) is 0 Å². The molecule has 2 amide bonds. The lowest BCUT2D eigenvalue weighted by Gasteiger charge is -2.10. The number of nitrogens with one attached hydrogen (secondary N) is 2. The number of carboxylic acids is 4. The molecule has 12 nitrogen and oxygen atoms in total. The number of hydrogen-bond acceptors (Lipinski definition) is 6. The first-order valence-corrected chi connectivity index (χ1v) is 7.30. The van der Waals surface area contributed by atoms with Gasteiger partial charge in [0.15, 0.2) is 0 Å². The van der Waals surface area contributed by atoms with Crippen LogP contribution in [0.4, 0.5) is 0 Å². The molecule has 0 spiro atoms. The smallest absolute Gasteiger partial charge is 0.326 e. The molecule has 0 aliphatic rings. The number of carbonyl (C=O) groups excluding carboxylic acids is 2. The summed E-state index contributed by atoms with van der Waals surface area (Å²) in [4.78, 5) is 62.1. The molecule has 6 N–H and O–H groups in total. The van der Waals surface area contributed by atoms with Gasteiger partial charge in [0.2, 0.25) is 11.8 Å². The van der Waals surface area contributed by atoms with Crippen molar-refractivity contribution in [3.8, 4) is 0 Å². The molecular weight excluding hydrogens is 356 g/mol. The van der Waals surface area contributed by atoms with Gasteiger partial charge in [0, 0.05) is 26.7 Å². The second kappa shape index (κ2) is 13.1. The van der Waals surface area contributed by atoms with Crippen molar-refractivity contribution in [1.29, 1.82) is 0 Å². The summed E-state index contributed by atoms with van der Waals surface area (Å²) in [5.74, 6) is -5.60. The van der Waals surface area contributed by atoms with Gasteiger partial charge in [-0.2, -0.15) is 0 Å². The quantitative estimate of drug-likeness (QED) is 0.270. The summed E-state index contributed by atoms with van der Waals surface area (Å²) in [5, 5.41) is 37.9. The number of carboxylic acid groups (broad SMARTS) is 4. The third-order valence-corrected chi connectivity index (χ3v) is 2.64. The van der Waals surface area contributed by atoms with Crippen molar-refractivity contribution < 1.29 is 49.2 Å². The number of amides is 2. The minimum atomic E-state index is -1.23. The summed E-state index contributed by atoms with van der Waals surface area (Å²) in [5.41, 5.74) is 0. The molecule has 26 heavy (non-hydrogen) atoms. The first kappa shape index (κ1) is 25.1. The van der Waals surface area contributed by atoms with E-state index in [1.807, 2.05) is 0 Å². The van der Waals surface area contributed by atoms with E-state index in [1.165, 1.54) is 13.8 Å². The lowest BCUT2D eigenvalue weighted by atomic mass is 10.1. The second-order valence-corrected chi connectivity index (χ2v) is 5.05. The second-order valence-electron chi connectivity index (χ2n) is 5.05. The van der Waals surface area contributed by atoms with Crippen LogP contribution in [0.15, 0.2) is 0 Å². The molecule has 0 heterocycles. The van der Waals surface area contributed by atoms with Gasteiger partial charge in [-0.05, 0) is 12.8 Å². The molecule has 0 saturated heterocycles. The molecule has 0 unspecified atom stereocenters. The molecular formula is C14H22N2O10. The van der Waals surface area contributed by atoms with Crippen LogP contribution in [-0.4, -0.2) is 68.2 Å². The zero-order chi connectivity index (χ0) is 20.9. The van der Waals surface area contributed by atoms with E-state index in [1.54, 1.807) is 0 Å². The Morgan fingerprint density at radius 1 is 0.654 bits per heavy atom. The van der Waals surface area contributed by atoms with Gasteiger partial charge in [-0.1, -0.05) is 0 Å². The third kappa shape index (κ3) is 15.7. The van der Waals surface area contributed by atoms with Gasteiger partial charge in [-0.3, -0.25) is 19.2 Å². The molecule has 0 bridgehead atoms. The fourth-order valence-corrected chi connectivity index (χ4v) is 1.54. The molecule has 0 aliphatic heterocycles. The van der Waals surface area contributed by atoms with Crippen LogP contribution in [0.1, 0.15) is 39.5 Å². The van der Waals surface area contributed by atoms with Crippen molar-refractivity contribution in [2.45, 2.75) is 51.6 Å². The minimum absolute atomic E-state index is 0.107. The van der Waals surface area contributed by atoms with Crippen LogP contribution >= 0.6 is 0 Å². The highest BCUT2D eigenvalue weighted by molar-refractivity contribution is 5.83. The predicted molar refractivity (Wildman–Crippen MR) is 84.2 cm³/mol. The molecule has 0 saturated carbocycles. The normalized spacial score (nSPS) is 11.8. The third-order valence-electron chi connectivity index (χ3n) is 2.64. The average Bonchev–Trinajstić information content (AvgIpc) is 2.46. The van der Waals surface area contributed by atoms with E-state index in [0.29, 0.717) is 0 Å². The zero-order valence-electron chi connectivity index (χ0n) is 14.2. The van der Waals surface area contributed by atoms with E-state index in [2.05, 4.69) is 10.6 Å². The summed E-state index contributed by atoms with van der Waals surface area (Å²) in [6.45, 7) is 2.35. The van der Waals surface area contributed by atoms with Gasteiger partial charge in [0.05, 0.1) is 0 Å². The standard InChI is InChI=1S/2C7H11NO5/c2*1-4(9)8-5(7(12)13)2-3-6(10)11/h2*5H,2-3H2,1H3,(H,8,9)(H,10,11)(H,12,13)/t2*5-/m11/s1. The van der Waals surface area contributed by atoms with Crippen molar-refractivity contribution in [1.82, 2.24) is 10.6 Å². The van der Waals surface area contributed by atoms with E-state index in [4.69, 9.17) is 20.4 Å². The van der Waals surface area contributed by atoms with E-state index in [0.717, 1.165) is 0 Å². The fraction of sp³-hybridized carbons (Fsp3) is 0.571. The monoisotopic (exact) mass is 378 g/mol. The van der Waals surface area contributed by atoms with Gasteiger partial charge < -0.3 is 31.1 Å². The van der Waals surface area contributed by atoms with Crippen molar-refractivity contribution in [3.63, 3.8) is 0 Å². The van der Waals surface area contributed by atoms with Crippen molar-refractivity contribution >= 4 is 35.7 Å². The van der Waals surface area contributed by atoms with Crippen LogP contribution in [-0.2, 0) is 28.8 Å². The summed E-state index contributed by atoms with van der Waals surface area (Å²) in [7, 11) is 0. The van der Waals surface area contributed by atoms with E-state index in [-0.39, 0.29) is 25.7 Å². The van der Waals surface area contributed by atoms with Crippen molar-refractivity contribution in [2.75, 3.05) is 0 Å². The minimum Gasteiger partial charge on any atom is -0.481 e. The maximum absolute atomic E-state index is 10.5. The summed E-state index contributed by atoms with van der Waals surface area (Å²) in [6.07, 6.45) is -0.775. The van der Waals surface area contributed by atoms with Crippen LogP contribution in [0.3, 0.4) is 0 Å². The average molecular weight is 378 g/mol. The Hall–Kier alpha value is -3.18. The maximum Gasteiger partial charge on any atom is 0.326 e. The maximum atomic E-state index is 10.5. The zero-order valence-corrected chi connectivity index (χ0v) is 14.2. The Morgan fingerprint density at radius 2 is 0.923 bits per heavy atom.